The zero-order valence-electron chi connectivity index (χ0n) is 6.11. The minimum absolute atomic E-state index is 0.238. The maximum absolute atomic E-state index is 10.1. The molecule has 0 saturated carbocycles. The minimum Gasteiger partial charge on any atom is -0.449 e. The van der Waals surface area contributed by atoms with E-state index in [0.717, 1.165) is 0 Å². The van der Waals surface area contributed by atoms with Gasteiger partial charge in [-0.15, -0.1) is 0 Å². The van der Waals surface area contributed by atoms with Gasteiger partial charge in [0.2, 0.25) is 0 Å². The molecule has 0 unspecified atom stereocenters. The van der Waals surface area contributed by atoms with Gasteiger partial charge in [0.25, 0.3) is 0 Å². The third kappa shape index (κ3) is 2.11. The van der Waals surface area contributed by atoms with E-state index in [1.54, 1.807) is 5.94 Å². The number of hydrogen-bond acceptors (Lipinski definition) is 3. The van der Waals surface area contributed by atoms with Gasteiger partial charge in [0.05, 0.1) is 0 Å². The van der Waals surface area contributed by atoms with Gasteiger partial charge in [-0.3, -0.25) is 0 Å². The molecule has 62 valence electrons. The number of ether oxygens (including phenoxy) is 1. The van der Waals surface area contributed by atoms with Crippen molar-refractivity contribution < 1.29 is 19.4 Å². The molecule has 0 atom stereocenters. The number of rotatable bonds is 1. The summed E-state index contributed by atoms with van der Waals surface area (Å²) in [5.74, 6) is 1.95. The van der Waals surface area contributed by atoms with Gasteiger partial charge >= 0.3 is 6.16 Å². The number of allylic oxidation sites excluding steroid dienone is 4. The quantitative estimate of drug-likeness (QED) is 0.470. The summed E-state index contributed by atoms with van der Waals surface area (Å²) >= 11 is 0. The van der Waals surface area contributed by atoms with E-state index >= 15 is 0 Å². The van der Waals surface area contributed by atoms with Crippen molar-refractivity contribution in [1.29, 1.82) is 0 Å². The van der Waals surface area contributed by atoms with Crippen molar-refractivity contribution in [2.75, 3.05) is 0 Å². The second-order valence-electron chi connectivity index (χ2n) is 2.14. The van der Waals surface area contributed by atoms with Crippen LogP contribution in [0.25, 0.3) is 0 Å². The molecule has 1 rings (SSSR count). The topological polar surface area (TPSA) is 63.6 Å². The van der Waals surface area contributed by atoms with Crippen LogP contribution in [0.3, 0.4) is 0 Å². The maximum atomic E-state index is 10.1. The molecule has 0 aromatic heterocycles. The van der Waals surface area contributed by atoms with Crippen LogP contribution in [0, 0.1) is 0 Å². The van der Waals surface area contributed by atoms with Gasteiger partial charge in [0, 0.05) is 12.0 Å². The normalized spacial score (nSPS) is 15.0. The molecule has 0 saturated heterocycles. The number of hydrogen-bond donors (Lipinski definition) is 1. The van der Waals surface area contributed by atoms with Crippen molar-refractivity contribution in [3.05, 3.63) is 29.6 Å². The third-order valence-corrected chi connectivity index (χ3v) is 1.31. The highest BCUT2D eigenvalue weighted by Crippen LogP contribution is 2.13. The first-order valence-corrected chi connectivity index (χ1v) is 3.25. The van der Waals surface area contributed by atoms with Gasteiger partial charge in [-0.2, -0.15) is 0 Å². The van der Waals surface area contributed by atoms with Crippen molar-refractivity contribution in [3.63, 3.8) is 0 Å². The highest BCUT2D eigenvalue weighted by Gasteiger charge is 2.05. The summed E-state index contributed by atoms with van der Waals surface area (Å²) in [5, 5.41) is 8.21. The lowest BCUT2D eigenvalue weighted by Gasteiger charge is -2.04. The number of carbonyl (C=O) groups is 1. The molecule has 0 aliphatic heterocycles. The van der Waals surface area contributed by atoms with Crippen LogP contribution in [-0.4, -0.2) is 17.2 Å². The molecule has 1 N–H and O–H groups in total. The molecule has 0 aromatic rings. The average molecular weight is 166 g/mol. The fraction of sp³-hybridized carbons (Fsp3) is 0.125. The fourth-order valence-electron chi connectivity index (χ4n) is 0.782. The first kappa shape index (κ1) is 8.30. The van der Waals surface area contributed by atoms with Crippen LogP contribution in [-0.2, 0) is 9.53 Å². The Labute approximate surface area is 68.5 Å². The van der Waals surface area contributed by atoms with Crippen LogP contribution in [0.15, 0.2) is 29.6 Å². The summed E-state index contributed by atoms with van der Waals surface area (Å²) in [5.41, 5.74) is 0.479. The molecule has 4 nitrogen and oxygen atoms in total. The van der Waals surface area contributed by atoms with Gasteiger partial charge in [-0.05, 0) is 18.2 Å². The molecule has 0 amide bonds. The Kier molecular flexibility index (Phi) is 2.46. The molecule has 0 aromatic carbocycles. The molecular weight excluding hydrogens is 160 g/mol. The van der Waals surface area contributed by atoms with Crippen molar-refractivity contribution in [2.45, 2.75) is 6.42 Å². The molecule has 0 spiro atoms. The van der Waals surface area contributed by atoms with E-state index in [0.29, 0.717) is 12.0 Å². The van der Waals surface area contributed by atoms with Crippen LogP contribution in [0.1, 0.15) is 6.42 Å². The monoisotopic (exact) mass is 166 g/mol. The highest BCUT2D eigenvalue weighted by atomic mass is 16.7. The van der Waals surface area contributed by atoms with E-state index in [1.807, 2.05) is 0 Å². The van der Waals surface area contributed by atoms with Gasteiger partial charge in [0.1, 0.15) is 11.7 Å². The summed E-state index contributed by atoms with van der Waals surface area (Å²) < 4.78 is 4.33. The molecule has 0 fully saturated rings. The molecule has 0 radical (unpaired) electrons. The Bertz CT molecular complexity index is 305. The van der Waals surface area contributed by atoms with Crippen molar-refractivity contribution in [1.82, 2.24) is 0 Å². The number of carboxylic acid groups (broad SMARTS) is 1. The van der Waals surface area contributed by atoms with Crippen molar-refractivity contribution in [2.24, 2.45) is 0 Å². The Hall–Kier alpha value is -1.80. The van der Waals surface area contributed by atoms with Gasteiger partial charge < -0.3 is 9.84 Å². The van der Waals surface area contributed by atoms with Crippen LogP contribution >= 0.6 is 0 Å². The molecular formula is C8H6O4. The second-order valence-corrected chi connectivity index (χ2v) is 2.14. The lowest BCUT2D eigenvalue weighted by Crippen LogP contribution is -2.00. The van der Waals surface area contributed by atoms with Crippen molar-refractivity contribution in [3.8, 4) is 0 Å². The standard InChI is InChI=1S/C8H6O4/c9-5-6-1-3-7(4-2-6)12-8(10)11/h1,3-4H,2H2,(H,10,11). The Morgan fingerprint density at radius 1 is 1.58 bits per heavy atom. The van der Waals surface area contributed by atoms with Gasteiger partial charge in [-0.1, -0.05) is 0 Å². The van der Waals surface area contributed by atoms with Gasteiger partial charge in [-0.25, -0.2) is 9.59 Å². The van der Waals surface area contributed by atoms with Crippen LogP contribution in [0.4, 0.5) is 4.79 Å². The van der Waals surface area contributed by atoms with Gasteiger partial charge in [0.15, 0.2) is 0 Å². The number of carbonyl (C=O) groups excluding carboxylic acids is 1. The molecule has 1 aliphatic carbocycles. The molecule has 0 bridgehead atoms. The zero-order valence-corrected chi connectivity index (χ0v) is 6.11. The van der Waals surface area contributed by atoms with Crippen molar-refractivity contribution >= 4 is 12.1 Å². The minimum atomic E-state index is -1.36. The molecule has 1 aliphatic rings. The van der Waals surface area contributed by atoms with E-state index in [4.69, 9.17) is 5.11 Å². The predicted molar refractivity (Wildman–Crippen MR) is 40.2 cm³/mol. The summed E-state index contributed by atoms with van der Waals surface area (Å²) in [4.78, 5) is 20.1. The SMILES string of the molecule is O=C=C1C=CC(OC(=O)O)=CC1. The Balaban J connectivity index is 2.64. The van der Waals surface area contributed by atoms with E-state index in [-0.39, 0.29) is 5.76 Å². The first-order valence-electron chi connectivity index (χ1n) is 3.25. The summed E-state index contributed by atoms with van der Waals surface area (Å²) in [6, 6.07) is 0. The zero-order chi connectivity index (χ0) is 8.97. The maximum Gasteiger partial charge on any atom is 0.511 e. The molecule has 0 heterocycles. The lowest BCUT2D eigenvalue weighted by atomic mass is 10.1. The smallest absolute Gasteiger partial charge is 0.449 e. The van der Waals surface area contributed by atoms with E-state index in [2.05, 4.69) is 4.74 Å². The summed E-state index contributed by atoms with van der Waals surface area (Å²) in [7, 11) is 0. The van der Waals surface area contributed by atoms with E-state index in [1.165, 1.54) is 18.2 Å². The summed E-state index contributed by atoms with van der Waals surface area (Å²) in [6.07, 6.45) is 3.41. The second kappa shape index (κ2) is 3.55. The molecule has 12 heavy (non-hydrogen) atoms. The third-order valence-electron chi connectivity index (χ3n) is 1.31. The Morgan fingerprint density at radius 2 is 2.33 bits per heavy atom. The van der Waals surface area contributed by atoms with Crippen LogP contribution < -0.4 is 0 Å². The first-order chi connectivity index (χ1) is 5.72. The van der Waals surface area contributed by atoms with E-state index < -0.39 is 6.16 Å². The predicted octanol–water partition coefficient (Wildman–Crippen LogP) is 1.28. The highest BCUT2D eigenvalue weighted by molar-refractivity contribution is 5.62. The molecule has 4 heteroatoms. The fourth-order valence-corrected chi connectivity index (χ4v) is 0.782. The largest absolute Gasteiger partial charge is 0.511 e. The van der Waals surface area contributed by atoms with E-state index in [9.17, 15) is 9.59 Å². The summed E-state index contributed by atoms with van der Waals surface area (Å²) in [6.45, 7) is 0. The average Bonchev–Trinajstić information content (AvgIpc) is 2.05. The van der Waals surface area contributed by atoms with Crippen LogP contribution in [0.5, 0.6) is 0 Å². The lowest BCUT2D eigenvalue weighted by molar-refractivity contribution is 0.121. The van der Waals surface area contributed by atoms with Crippen LogP contribution in [0.2, 0.25) is 0 Å². The Morgan fingerprint density at radius 3 is 2.75 bits per heavy atom.